The molecular weight excluding hydrogens is 240 g/mol. The van der Waals surface area contributed by atoms with Crippen LogP contribution in [0.25, 0.3) is 0 Å². The van der Waals surface area contributed by atoms with Gasteiger partial charge >= 0.3 is 0 Å². The minimum atomic E-state index is -0.572. The van der Waals surface area contributed by atoms with Gasteiger partial charge in [0.1, 0.15) is 0 Å². The second-order valence-electron chi connectivity index (χ2n) is 5.54. The molecule has 1 aliphatic carbocycles. The van der Waals surface area contributed by atoms with Crippen LogP contribution in [0.1, 0.15) is 37.4 Å². The maximum Gasteiger partial charge on any atom is 0.227 e. The maximum atomic E-state index is 12.3. The van der Waals surface area contributed by atoms with Crippen LogP contribution < -0.4 is 11.1 Å². The molecule has 4 nitrogen and oxygen atoms in total. The monoisotopic (exact) mass is 262 g/mol. The highest BCUT2D eigenvalue weighted by Crippen LogP contribution is 2.32. The molecule has 1 unspecified atom stereocenters. The second-order valence-corrected chi connectivity index (χ2v) is 5.54. The number of amides is 1. The van der Waals surface area contributed by atoms with Gasteiger partial charge in [0.05, 0.1) is 17.6 Å². The number of fused-ring (bicyclic) bond motifs is 1. The molecule has 0 radical (unpaired) electrons. The van der Waals surface area contributed by atoms with Crippen LogP contribution in [0.15, 0.2) is 24.3 Å². The van der Waals surface area contributed by atoms with Crippen molar-refractivity contribution in [2.24, 2.45) is 11.1 Å². The Morgan fingerprint density at radius 3 is 2.84 bits per heavy atom. The Bertz CT molecular complexity index is 469. The fourth-order valence-electron chi connectivity index (χ4n) is 2.46. The van der Waals surface area contributed by atoms with Gasteiger partial charge in [-0.25, -0.2) is 0 Å². The lowest BCUT2D eigenvalue weighted by molar-refractivity contribution is -0.131. The normalized spacial score (nSPS) is 24.6. The number of nitrogens with two attached hydrogens (primary N) is 1. The average Bonchev–Trinajstić information content (AvgIpc) is 2.74. The lowest BCUT2D eigenvalue weighted by Crippen LogP contribution is -2.46. The van der Waals surface area contributed by atoms with Crippen LogP contribution in [-0.4, -0.2) is 23.7 Å². The Morgan fingerprint density at radius 2 is 2.21 bits per heavy atom. The van der Waals surface area contributed by atoms with E-state index in [9.17, 15) is 9.90 Å². The Kier molecular flexibility index (Phi) is 3.92. The van der Waals surface area contributed by atoms with Crippen molar-refractivity contribution in [1.29, 1.82) is 0 Å². The Balaban J connectivity index is 2.18. The molecule has 1 aromatic carbocycles. The van der Waals surface area contributed by atoms with E-state index in [-0.39, 0.29) is 11.9 Å². The van der Waals surface area contributed by atoms with E-state index >= 15 is 0 Å². The van der Waals surface area contributed by atoms with E-state index in [0.717, 1.165) is 11.1 Å². The van der Waals surface area contributed by atoms with Gasteiger partial charge in [-0.1, -0.05) is 31.2 Å². The van der Waals surface area contributed by atoms with Crippen molar-refractivity contribution in [3.05, 3.63) is 35.4 Å². The molecule has 0 bridgehead atoms. The van der Waals surface area contributed by atoms with Crippen LogP contribution in [0.3, 0.4) is 0 Å². The fraction of sp³-hybridized carbons (Fsp3) is 0.533. The first-order valence-electron chi connectivity index (χ1n) is 6.78. The molecule has 0 saturated heterocycles. The summed E-state index contributed by atoms with van der Waals surface area (Å²) in [7, 11) is 0. The number of benzene rings is 1. The van der Waals surface area contributed by atoms with Gasteiger partial charge in [0, 0.05) is 13.0 Å². The lowest BCUT2D eigenvalue weighted by Gasteiger charge is -2.28. The van der Waals surface area contributed by atoms with Gasteiger partial charge in [-0.2, -0.15) is 0 Å². The molecule has 0 aromatic heterocycles. The smallest absolute Gasteiger partial charge is 0.227 e. The van der Waals surface area contributed by atoms with Crippen LogP contribution in [0.4, 0.5) is 0 Å². The molecule has 2 rings (SSSR count). The van der Waals surface area contributed by atoms with Gasteiger partial charge in [-0.15, -0.1) is 0 Å². The van der Waals surface area contributed by atoms with E-state index in [1.165, 1.54) is 0 Å². The molecule has 4 N–H and O–H groups in total. The number of nitrogens with one attached hydrogen (secondary N) is 1. The fourth-order valence-corrected chi connectivity index (χ4v) is 2.46. The minimum absolute atomic E-state index is 0.0850. The van der Waals surface area contributed by atoms with E-state index in [2.05, 4.69) is 5.32 Å². The topological polar surface area (TPSA) is 75.4 Å². The van der Waals surface area contributed by atoms with Crippen molar-refractivity contribution in [3.63, 3.8) is 0 Å². The third-order valence-electron chi connectivity index (χ3n) is 4.27. The van der Waals surface area contributed by atoms with E-state index in [0.29, 0.717) is 19.4 Å². The highest BCUT2D eigenvalue weighted by molar-refractivity contribution is 5.83. The molecule has 1 amide bonds. The van der Waals surface area contributed by atoms with Crippen LogP contribution in [0.5, 0.6) is 0 Å². The predicted octanol–water partition coefficient (Wildman–Crippen LogP) is 1.14. The summed E-state index contributed by atoms with van der Waals surface area (Å²) in [5.74, 6) is -0.0850. The largest absolute Gasteiger partial charge is 0.390 e. The predicted molar refractivity (Wildman–Crippen MR) is 74.5 cm³/mol. The Morgan fingerprint density at radius 1 is 1.53 bits per heavy atom. The first kappa shape index (κ1) is 14.0. The maximum absolute atomic E-state index is 12.3. The third kappa shape index (κ3) is 2.51. The van der Waals surface area contributed by atoms with Crippen molar-refractivity contribution < 1.29 is 9.90 Å². The van der Waals surface area contributed by atoms with E-state index < -0.39 is 11.5 Å². The molecule has 0 fully saturated rings. The number of hydrogen-bond acceptors (Lipinski definition) is 3. The van der Waals surface area contributed by atoms with Crippen molar-refractivity contribution in [3.8, 4) is 0 Å². The quantitative estimate of drug-likeness (QED) is 0.761. The number of aliphatic hydroxyl groups excluding tert-OH is 1. The lowest BCUT2D eigenvalue weighted by atomic mass is 9.86. The summed E-state index contributed by atoms with van der Waals surface area (Å²) >= 11 is 0. The molecular formula is C15H22N2O2. The Labute approximate surface area is 114 Å². The SMILES string of the molecule is CCC(C)(CN)C(=O)N[C@H]1c2ccccc2C[C@H]1O. The third-order valence-corrected chi connectivity index (χ3v) is 4.27. The summed E-state index contributed by atoms with van der Waals surface area (Å²) < 4.78 is 0. The van der Waals surface area contributed by atoms with E-state index in [1.54, 1.807) is 0 Å². The first-order valence-corrected chi connectivity index (χ1v) is 6.78. The molecule has 4 heteroatoms. The van der Waals surface area contributed by atoms with Crippen LogP contribution >= 0.6 is 0 Å². The van der Waals surface area contributed by atoms with Crippen molar-refractivity contribution in [2.75, 3.05) is 6.54 Å². The summed E-state index contributed by atoms with van der Waals surface area (Å²) in [4.78, 5) is 12.3. The van der Waals surface area contributed by atoms with Gasteiger partial charge in [-0.3, -0.25) is 4.79 Å². The molecule has 0 saturated carbocycles. The molecule has 1 aromatic rings. The minimum Gasteiger partial charge on any atom is -0.390 e. The van der Waals surface area contributed by atoms with Crippen LogP contribution in [0, 0.1) is 5.41 Å². The molecule has 0 aliphatic heterocycles. The number of rotatable bonds is 4. The second kappa shape index (κ2) is 5.31. The first-order chi connectivity index (χ1) is 9.01. The van der Waals surface area contributed by atoms with Gasteiger partial charge in [0.15, 0.2) is 0 Å². The summed E-state index contributed by atoms with van der Waals surface area (Å²) in [6.07, 6.45) is 0.715. The molecule has 1 aliphatic rings. The summed E-state index contributed by atoms with van der Waals surface area (Å²) in [5.41, 5.74) is 7.24. The molecule has 0 spiro atoms. The van der Waals surface area contributed by atoms with Crippen molar-refractivity contribution >= 4 is 5.91 Å². The number of carbonyl (C=O) groups excluding carboxylic acids is 1. The zero-order valence-electron chi connectivity index (χ0n) is 11.5. The van der Waals surface area contributed by atoms with Crippen LogP contribution in [-0.2, 0) is 11.2 Å². The van der Waals surface area contributed by atoms with Crippen LogP contribution in [0.2, 0.25) is 0 Å². The number of hydrogen-bond donors (Lipinski definition) is 3. The molecule has 19 heavy (non-hydrogen) atoms. The Hall–Kier alpha value is -1.39. The summed E-state index contributed by atoms with van der Waals surface area (Å²) in [6.45, 7) is 4.11. The van der Waals surface area contributed by atoms with Gasteiger partial charge in [0.2, 0.25) is 5.91 Å². The number of carbonyl (C=O) groups is 1. The van der Waals surface area contributed by atoms with E-state index in [1.807, 2.05) is 38.1 Å². The highest BCUT2D eigenvalue weighted by Gasteiger charge is 2.36. The van der Waals surface area contributed by atoms with Gasteiger partial charge in [0.25, 0.3) is 0 Å². The summed E-state index contributed by atoms with van der Waals surface area (Å²) in [5, 5.41) is 13.1. The van der Waals surface area contributed by atoms with E-state index in [4.69, 9.17) is 5.73 Å². The molecule has 0 heterocycles. The molecule has 104 valence electrons. The molecule has 3 atom stereocenters. The summed E-state index contributed by atoms with van der Waals surface area (Å²) in [6, 6.07) is 7.51. The van der Waals surface area contributed by atoms with Gasteiger partial charge < -0.3 is 16.2 Å². The zero-order chi connectivity index (χ0) is 14.0. The van der Waals surface area contributed by atoms with Crippen molar-refractivity contribution in [1.82, 2.24) is 5.32 Å². The average molecular weight is 262 g/mol. The standard InChI is InChI=1S/C15H22N2O2/c1-3-15(2,9-16)14(19)17-13-11-7-5-4-6-10(11)8-12(13)18/h4-7,12-13,18H,3,8-9,16H2,1-2H3,(H,17,19)/t12-,13+,15?/m1/s1. The zero-order valence-corrected chi connectivity index (χ0v) is 11.5. The van der Waals surface area contributed by atoms with Crippen molar-refractivity contribution in [2.45, 2.75) is 38.8 Å². The highest BCUT2D eigenvalue weighted by atomic mass is 16.3. The van der Waals surface area contributed by atoms with Gasteiger partial charge in [-0.05, 0) is 24.5 Å². The number of aliphatic hydroxyl groups is 1.